The van der Waals surface area contributed by atoms with Gasteiger partial charge in [0.1, 0.15) is 5.84 Å². The van der Waals surface area contributed by atoms with Crippen molar-refractivity contribution in [3.8, 4) is 0 Å². The fourth-order valence-electron chi connectivity index (χ4n) is 0.823. The van der Waals surface area contributed by atoms with Crippen molar-refractivity contribution < 1.29 is 0 Å². The van der Waals surface area contributed by atoms with E-state index in [1.165, 1.54) is 0 Å². The molecule has 0 bridgehead atoms. The van der Waals surface area contributed by atoms with Crippen molar-refractivity contribution in [3.63, 3.8) is 0 Å². The van der Waals surface area contributed by atoms with Gasteiger partial charge in [-0.15, -0.1) is 0 Å². The van der Waals surface area contributed by atoms with Crippen LogP contribution in [0, 0.1) is 0 Å². The molecule has 0 spiro atoms. The lowest BCUT2D eigenvalue weighted by Gasteiger charge is -2.25. The lowest BCUT2D eigenvalue weighted by atomic mass is 10.4. The second-order valence-electron chi connectivity index (χ2n) is 2.11. The molecule has 1 atom stereocenters. The summed E-state index contributed by atoms with van der Waals surface area (Å²) in [6.45, 7) is 2.87. The fourth-order valence-corrected chi connectivity index (χ4v) is 0.823. The van der Waals surface area contributed by atoms with Crippen molar-refractivity contribution in [1.82, 2.24) is 4.90 Å². The van der Waals surface area contributed by atoms with Gasteiger partial charge in [-0.2, -0.15) is 0 Å². The minimum Gasteiger partial charge on any atom is -0.384 e. The summed E-state index contributed by atoms with van der Waals surface area (Å²) in [5.74, 6) is 0.497. The molecule has 0 aromatic heterocycles. The van der Waals surface area contributed by atoms with E-state index in [-0.39, 0.29) is 6.29 Å². The van der Waals surface area contributed by atoms with E-state index in [9.17, 15) is 0 Å². The molecule has 0 radical (unpaired) electrons. The fraction of sp³-hybridized carbons (Fsp3) is 0.500. The highest BCUT2D eigenvalue weighted by Crippen LogP contribution is 2.00. The number of nitrogens with zero attached hydrogens (tertiary/aromatic N) is 2. The Hall–Kier alpha value is -1.03. The van der Waals surface area contributed by atoms with E-state index >= 15 is 0 Å². The monoisotopic (exact) mass is 140 g/mol. The molecule has 10 heavy (non-hydrogen) atoms. The topological polar surface area (TPSA) is 67.6 Å². The molecule has 1 unspecified atom stereocenters. The Balaban J connectivity index is 2.64. The lowest BCUT2D eigenvalue weighted by Crippen LogP contribution is -2.40. The number of aliphatic imine (C=N–C) groups is 1. The first-order chi connectivity index (χ1) is 4.74. The standard InChI is InChI=1S/C6H12N4/c1-2-10-4-3-5(7)9-6(10)8/h3-4,6H,2,8H2,1H3,(H2,7,9). The van der Waals surface area contributed by atoms with Crippen LogP contribution in [0.3, 0.4) is 0 Å². The molecule has 0 aromatic carbocycles. The van der Waals surface area contributed by atoms with Gasteiger partial charge in [-0.3, -0.25) is 5.73 Å². The Bertz CT molecular complexity index is 173. The van der Waals surface area contributed by atoms with Crippen LogP contribution in [0.15, 0.2) is 17.3 Å². The van der Waals surface area contributed by atoms with Crippen LogP contribution in [-0.4, -0.2) is 23.6 Å². The summed E-state index contributed by atoms with van der Waals surface area (Å²) in [5, 5.41) is 0. The Morgan fingerprint density at radius 3 is 3.00 bits per heavy atom. The maximum atomic E-state index is 5.59. The van der Waals surface area contributed by atoms with E-state index < -0.39 is 0 Å². The molecule has 0 aliphatic carbocycles. The van der Waals surface area contributed by atoms with E-state index in [0.29, 0.717) is 5.84 Å². The molecule has 0 saturated carbocycles. The number of hydrogen-bond donors (Lipinski definition) is 2. The van der Waals surface area contributed by atoms with Crippen LogP contribution in [0.1, 0.15) is 6.92 Å². The molecule has 1 aliphatic heterocycles. The van der Waals surface area contributed by atoms with E-state index in [4.69, 9.17) is 11.5 Å². The summed E-state index contributed by atoms with van der Waals surface area (Å²) in [6.07, 6.45) is 3.30. The quantitative estimate of drug-likeness (QED) is 0.512. The lowest BCUT2D eigenvalue weighted by molar-refractivity contribution is 0.300. The largest absolute Gasteiger partial charge is 0.384 e. The van der Waals surface area contributed by atoms with Crippen molar-refractivity contribution in [2.45, 2.75) is 13.2 Å². The summed E-state index contributed by atoms with van der Waals surface area (Å²) in [4.78, 5) is 5.85. The molecule has 56 valence electrons. The zero-order valence-corrected chi connectivity index (χ0v) is 5.99. The van der Waals surface area contributed by atoms with Crippen molar-refractivity contribution in [1.29, 1.82) is 0 Å². The predicted molar refractivity (Wildman–Crippen MR) is 41.1 cm³/mol. The second-order valence-corrected chi connectivity index (χ2v) is 2.11. The van der Waals surface area contributed by atoms with E-state index in [1.54, 1.807) is 6.08 Å². The number of amidine groups is 1. The van der Waals surface area contributed by atoms with Gasteiger partial charge >= 0.3 is 0 Å². The molecule has 0 fully saturated rings. The molecule has 4 heteroatoms. The zero-order chi connectivity index (χ0) is 7.56. The summed E-state index contributed by atoms with van der Waals surface area (Å²) < 4.78 is 0. The Kier molecular flexibility index (Phi) is 1.91. The van der Waals surface area contributed by atoms with Gasteiger partial charge in [-0.25, -0.2) is 4.99 Å². The Morgan fingerprint density at radius 1 is 1.80 bits per heavy atom. The first-order valence-corrected chi connectivity index (χ1v) is 3.27. The summed E-state index contributed by atoms with van der Waals surface area (Å²) in [6, 6.07) is 0. The molecule has 1 rings (SSSR count). The van der Waals surface area contributed by atoms with Crippen LogP contribution in [0.5, 0.6) is 0 Å². The van der Waals surface area contributed by atoms with Crippen LogP contribution in [0.25, 0.3) is 0 Å². The SMILES string of the molecule is CCN1C=CC(N)=NC1N. The van der Waals surface area contributed by atoms with Crippen molar-refractivity contribution in [2.24, 2.45) is 16.5 Å². The van der Waals surface area contributed by atoms with E-state index in [0.717, 1.165) is 6.54 Å². The molecular formula is C6H12N4. The van der Waals surface area contributed by atoms with Gasteiger partial charge in [0.25, 0.3) is 0 Å². The van der Waals surface area contributed by atoms with Gasteiger partial charge in [0.2, 0.25) is 0 Å². The molecule has 0 amide bonds. The van der Waals surface area contributed by atoms with Crippen LogP contribution < -0.4 is 11.5 Å². The number of nitrogens with two attached hydrogens (primary N) is 2. The second kappa shape index (κ2) is 2.70. The van der Waals surface area contributed by atoms with Crippen molar-refractivity contribution >= 4 is 5.84 Å². The number of hydrogen-bond acceptors (Lipinski definition) is 4. The average molecular weight is 140 g/mol. The van der Waals surface area contributed by atoms with E-state index in [2.05, 4.69) is 4.99 Å². The van der Waals surface area contributed by atoms with E-state index in [1.807, 2.05) is 18.0 Å². The van der Waals surface area contributed by atoms with Gasteiger partial charge in [0, 0.05) is 12.7 Å². The third-order valence-corrected chi connectivity index (χ3v) is 1.42. The van der Waals surface area contributed by atoms with Crippen LogP contribution >= 0.6 is 0 Å². The summed E-state index contributed by atoms with van der Waals surface area (Å²) in [5.41, 5.74) is 11.0. The highest BCUT2D eigenvalue weighted by Gasteiger charge is 2.09. The smallest absolute Gasteiger partial charge is 0.175 e. The minimum atomic E-state index is -0.296. The highest BCUT2D eigenvalue weighted by molar-refractivity contribution is 5.91. The highest BCUT2D eigenvalue weighted by atomic mass is 15.3. The Morgan fingerprint density at radius 2 is 2.50 bits per heavy atom. The molecule has 1 aliphatic rings. The van der Waals surface area contributed by atoms with Gasteiger partial charge in [0.05, 0.1) is 0 Å². The van der Waals surface area contributed by atoms with Gasteiger partial charge < -0.3 is 10.6 Å². The molecule has 0 aromatic rings. The van der Waals surface area contributed by atoms with Crippen molar-refractivity contribution in [2.75, 3.05) is 6.54 Å². The first-order valence-electron chi connectivity index (χ1n) is 3.27. The third kappa shape index (κ3) is 1.27. The zero-order valence-electron chi connectivity index (χ0n) is 5.99. The molecule has 4 nitrogen and oxygen atoms in total. The third-order valence-electron chi connectivity index (χ3n) is 1.42. The first kappa shape index (κ1) is 7.08. The molecule has 0 saturated heterocycles. The summed E-state index contributed by atoms with van der Waals surface area (Å²) >= 11 is 0. The van der Waals surface area contributed by atoms with Crippen LogP contribution in [0.4, 0.5) is 0 Å². The average Bonchev–Trinajstić information content (AvgIpc) is 1.88. The summed E-state index contributed by atoms with van der Waals surface area (Å²) in [7, 11) is 0. The number of rotatable bonds is 1. The maximum Gasteiger partial charge on any atom is 0.175 e. The molecular weight excluding hydrogens is 128 g/mol. The molecule has 4 N–H and O–H groups in total. The van der Waals surface area contributed by atoms with Crippen LogP contribution in [-0.2, 0) is 0 Å². The minimum absolute atomic E-state index is 0.296. The van der Waals surface area contributed by atoms with Gasteiger partial charge in [-0.05, 0) is 13.0 Å². The molecule has 1 heterocycles. The predicted octanol–water partition coefficient (Wildman–Crippen LogP) is -0.565. The normalized spacial score (nSPS) is 24.8. The maximum absolute atomic E-state index is 5.59. The van der Waals surface area contributed by atoms with Crippen LogP contribution in [0.2, 0.25) is 0 Å². The van der Waals surface area contributed by atoms with Crippen molar-refractivity contribution in [3.05, 3.63) is 12.3 Å². The van der Waals surface area contributed by atoms with Gasteiger partial charge in [0.15, 0.2) is 6.29 Å². The van der Waals surface area contributed by atoms with Gasteiger partial charge in [-0.1, -0.05) is 0 Å². The Labute approximate surface area is 60.2 Å².